The third-order valence-electron chi connectivity index (χ3n) is 2.68. The van der Waals surface area contributed by atoms with Crippen molar-refractivity contribution in [2.45, 2.75) is 26.4 Å². The first-order valence-corrected chi connectivity index (χ1v) is 5.98. The van der Waals surface area contributed by atoms with Gasteiger partial charge in [0.2, 0.25) is 5.91 Å². The van der Waals surface area contributed by atoms with Crippen molar-refractivity contribution >= 4 is 5.91 Å². The Morgan fingerprint density at radius 1 is 1.33 bits per heavy atom. The molecule has 0 aliphatic heterocycles. The molecular formula is C14H16N2O2. The molecule has 2 aromatic rings. The Labute approximate surface area is 106 Å². The summed E-state index contributed by atoms with van der Waals surface area (Å²) in [5.41, 5.74) is 1.02. The fraction of sp³-hybridized carbons (Fsp3) is 0.286. The van der Waals surface area contributed by atoms with Crippen LogP contribution in [0.3, 0.4) is 0 Å². The Hall–Kier alpha value is -2.10. The maximum absolute atomic E-state index is 11.9. The van der Waals surface area contributed by atoms with Crippen LogP contribution in [0.25, 0.3) is 0 Å². The van der Waals surface area contributed by atoms with Crippen LogP contribution in [0.15, 0.2) is 47.3 Å². The molecule has 0 saturated heterocycles. The largest absolute Gasteiger partial charge is 0.467 e. The van der Waals surface area contributed by atoms with E-state index in [0.29, 0.717) is 19.5 Å². The number of hydrogen-bond donors (Lipinski definition) is 0. The van der Waals surface area contributed by atoms with Gasteiger partial charge in [0, 0.05) is 25.4 Å². The maximum atomic E-state index is 11.9. The molecule has 0 saturated carbocycles. The molecule has 18 heavy (non-hydrogen) atoms. The number of carbonyl (C=O) groups is 1. The standard InChI is InChI=1S/C14H16N2O2/c1-2-14(17)16(11-13-6-4-8-18-13)10-12-5-3-7-15-9-12/h3-9H,2,10-11H2,1H3. The molecule has 0 aliphatic rings. The molecule has 0 bridgehead atoms. The molecule has 0 unspecified atom stereocenters. The van der Waals surface area contributed by atoms with Gasteiger partial charge in [-0.15, -0.1) is 0 Å². The van der Waals surface area contributed by atoms with Crippen molar-refractivity contribution in [1.29, 1.82) is 0 Å². The first kappa shape index (κ1) is 12.4. The second-order valence-corrected chi connectivity index (χ2v) is 4.04. The summed E-state index contributed by atoms with van der Waals surface area (Å²) in [5.74, 6) is 0.899. The molecule has 0 aromatic carbocycles. The van der Waals surface area contributed by atoms with Crippen molar-refractivity contribution in [2.24, 2.45) is 0 Å². The van der Waals surface area contributed by atoms with E-state index in [1.54, 1.807) is 23.6 Å². The molecule has 0 fully saturated rings. The third kappa shape index (κ3) is 3.20. The number of nitrogens with zero attached hydrogens (tertiary/aromatic N) is 2. The topological polar surface area (TPSA) is 46.3 Å². The van der Waals surface area contributed by atoms with Gasteiger partial charge in [-0.05, 0) is 23.8 Å². The van der Waals surface area contributed by atoms with E-state index in [9.17, 15) is 4.79 Å². The minimum absolute atomic E-state index is 0.107. The molecule has 4 nitrogen and oxygen atoms in total. The van der Waals surface area contributed by atoms with E-state index in [-0.39, 0.29) is 5.91 Å². The van der Waals surface area contributed by atoms with Gasteiger partial charge in [-0.3, -0.25) is 9.78 Å². The van der Waals surface area contributed by atoms with Gasteiger partial charge in [0.1, 0.15) is 5.76 Å². The number of hydrogen-bond acceptors (Lipinski definition) is 3. The average molecular weight is 244 g/mol. The Bertz CT molecular complexity index is 480. The van der Waals surface area contributed by atoms with Gasteiger partial charge < -0.3 is 9.32 Å². The van der Waals surface area contributed by atoms with Gasteiger partial charge in [-0.1, -0.05) is 13.0 Å². The zero-order valence-electron chi connectivity index (χ0n) is 10.4. The van der Waals surface area contributed by atoms with Gasteiger partial charge in [0.25, 0.3) is 0 Å². The van der Waals surface area contributed by atoms with E-state index >= 15 is 0 Å². The lowest BCUT2D eigenvalue weighted by molar-refractivity contribution is -0.132. The SMILES string of the molecule is CCC(=O)N(Cc1cccnc1)Cc1ccco1. The summed E-state index contributed by atoms with van der Waals surface area (Å²) in [4.78, 5) is 17.7. The molecule has 1 amide bonds. The van der Waals surface area contributed by atoms with Gasteiger partial charge in [0.05, 0.1) is 12.8 Å². The third-order valence-corrected chi connectivity index (χ3v) is 2.68. The normalized spacial score (nSPS) is 10.3. The molecule has 2 rings (SSSR count). The predicted molar refractivity (Wildman–Crippen MR) is 67.5 cm³/mol. The number of rotatable bonds is 5. The molecule has 2 heterocycles. The van der Waals surface area contributed by atoms with Gasteiger partial charge >= 0.3 is 0 Å². The van der Waals surface area contributed by atoms with Crippen molar-refractivity contribution in [2.75, 3.05) is 0 Å². The van der Waals surface area contributed by atoms with Crippen LogP contribution in [0.2, 0.25) is 0 Å². The van der Waals surface area contributed by atoms with E-state index in [1.807, 2.05) is 31.2 Å². The molecule has 0 N–H and O–H groups in total. The van der Waals surface area contributed by atoms with Gasteiger partial charge in [-0.25, -0.2) is 0 Å². The lowest BCUT2D eigenvalue weighted by Gasteiger charge is -2.21. The molecule has 0 radical (unpaired) electrons. The summed E-state index contributed by atoms with van der Waals surface area (Å²) < 4.78 is 5.29. The Morgan fingerprint density at radius 3 is 2.83 bits per heavy atom. The van der Waals surface area contributed by atoms with E-state index in [2.05, 4.69) is 4.98 Å². The Kier molecular flexibility index (Phi) is 4.12. The second-order valence-electron chi connectivity index (χ2n) is 4.04. The smallest absolute Gasteiger partial charge is 0.222 e. The summed E-state index contributed by atoms with van der Waals surface area (Å²) in [6, 6.07) is 7.54. The number of amides is 1. The van der Waals surface area contributed by atoms with Crippen molar-refractivity contribution in [3.05, 3.63) is 54.2 Å². The van der Waals surface area contributed by atoms with Crippen molar-refractivity contribution in [3.63, 3.8) is 0 Å². The van der Waals surface area contributed by atoms with Crippen LogP contribution in [-0.4, -0.2) is 15.8 Å². The number of aromatic nitrogens is 1. The predicted octanol–water partition coefficient (Wildman–Crippen LogP) is 2.61. The van der Waals surface area contributed by atoms with Crippen LogP contribution < -0.4 is 0 Å². The van der Waals surface area contributed by atoms with Crippen LogP contribution in [0, 0.1) is 0 Å². The van der Waals surface area contributed by atoms with Gasteiger partial charge in [-0.2, -0.15) is 0 Å². The molecule has 0 aliphatic carbocycles. The van der Waals surface area contributed by atoms with Crippen LogP contribution in [0.4, 0.5) is 0 Å². The van der Waals surface area contributed by atoms with E-state index < -0.39 is 0 Å². The minimum atomic E-state index is 0.107. The zero-order chi connectivity index (χ0) is 12.8. The highest BCUT2D eigenvalue weighted by molar-refractivity contribution is 5.75. The molecule has 0 spiro atoms. The van der Waals surface area contributed by atoms with Crippen molar-refractivity contribution in [3.8, 4) is 0 Å². The molecule has 4 heteroatoms. The number of pyridine rings is 1. The summed E-state index contributed by atoms with van der Waals surface area (Å²) in [5, 5.41) is 0. The first-order chi connectivity index (χ1) is 8.79. The fourth-order valence-corrected chi connectivity index (χ4v) is 1.76. The molecule has 94 valence electrons. The monoisotopic (exact) mass is 244 g/mol. The highest BCUT2D eigenvalue weighted by Gasteiger charge is 2.13. The Morgan fingerprint density at radius 2 is 2.22 bits per heavy atom. The second kappa shape index (κ2) is 6.00. The summed E-state index contributed by atoms with van der Waals surface area (Å²) in [6.07, 6.45) is 5.61. The fourth-order valence-electron chi connectivity index (χ4n) is 1.76. The summed E-state index contributed by atoms with van der Waals surface area (Å²) in [6.45, 7) is 2.91. The highest BCUT2D eigenvalue weighted by atomic mass is 16.3. The van der Waals surface area contributed by atoms with E-state index in [0.717, 1.165) is 11.3 Å². The summed E-state index contributed by atoms with van der Waals surface area (Å²) >= 11 is 0. The van der Waals surface area contributed by atoms with Crippen LogP contribution >= 0.6 is 0 Å². The lowest BCUT2D eigenvalue weighted by Crippen LogP contribution is -2.29. The molecule has 0 atom stereocenters. The summed E-state index contributed by atoms with van der Waals surface area (Å²) in [7, 11) is 0. The van der Waals surface area contributed by atoms with E-state index in [1.165, 1.54) is 0 Å². The first-order valence-electron chi connectivity index (χ1n) is 5.98. The number of furan rings is 1. The van der Waals surface area contributed by atoms with Crippen LogP contribution in [0.1, 0.15) is 24.7 Å². The van der Waals surface area contributed by atoms with E-state index in [4.69, 9.17) is 4.42 Å². The molecule has 2 aromatic heterocycles. The van der Waals surface area contributed by atoms with Gasteiger partial charge in [0.15, 0.2) is 0 Å². The quantitative estimate of drug-likeness (QED) is 0.812. The average Bonchev–Trinajstić information content (AvgIpc) is 2.91. The van der Waals surface area contributed by atoms with Crippen LogP contribution in [0.5, 0.6) is 0 Å². The zero-order valence-corrected chi connectivity index (χ0v) is 10.4. The van der Waals surface area contributed by atoms with Crippen molar-refractivity contribution in [1.82, 2.24) is 9.88 Å². The van der Waals surface area contributed by atoms with Crippen molar-refractivity contribution < 1.29 is 9.21 Å². The molecular weight excluding hydrogens is 228 g/mol. The minimum Gasteiger partial charge on any atom is -0.467 e. The number of carbonyl (C=O) groups excluding carboxylic acids is 1. The Balaban J connectivity index is 2.08. The maximum Gasteiger partial charge on any atom is 0.222 e. The lowest BCUT2D eigenvalue weighted by atomic mass is 10.2. The highest BCUT2D eigenvalue weighted by Crippen LogP contribution is 2.11. The van der Waals surface area contributed by atoms with Crippen LogP contribution in [-0.2, 0) is 17.9 Å².